The number of rotatable bonds is 9. The zero-order valence-electron chi connectivity index (χ0n) is 24.5. The minimum absolute atomic E-state index is 0.00864. The standard InChI is InChI=1S/C33H31F6NO5/c1-3-43-29(41)24-14-15-31(26-12-8-5-9-13-26,40(19-24)30(42)44-20-23-10-6-4-7-11-23)21-45-22(2)25-16-27(32(34,35)36)18-28(17-25)33(37,38)39/h4-14,16-18,22H,3,15,19-21H2,1-2H3/t22-,31?/m1/s1. The van der Waals surface area contributed by atoms with Crippen LogP contribution in [0.5, 0.6) is 0 Å². The fourth-order valence-electron chi connectivity index (χ4n) is 5.01. The van der Waals surface area contributed by atoms with Gasteiger partial charge in [0.1, 0.15) is 6.61 Å². The molecule has 1 heterocycles. The Morgan fingerprint density at radius 1 is 0.867 bits per heavy atom. The molecule has 3 aromatic rings. The van der Waals surface area contributed by atoms with Crippen molar-refractivity contribution < 1.29 is 50.1 Å². The Labute approximate surface area is 256 Å². The Kier molecular flexibility index (Phi) is 10.3. The summed E-state index contributed by atoms with van der Waals surface area (Å²) in [6.45, 7) is 2.35. The smallest absolute Gasteiger partial charge is 0.416 e. The number of halogens is 6. The van der Waals surface area contributed by atoms with E-state index in [1.54, 1.807) is 73.7 Å². The fraction of sp³-hybridized carbons (Fsp3) is 0.333. The molecule has 0 aromatic heterocycles. The lowest BCUT2D eigenvalue weighted by Crippen LogP contribution is -2.55. The van der Waals surface area contributed by atoms with Crippen LogP contribution in [0.2, 0.25) is 0 Å². The molecule has 12 heteroatoms. The molecule has 2 atom stereocenters. The third-order valence-corrected chi connectivity index (χ3v) is 7.46. The Morgan fingerprint density at radius 3 is 2.00 bits per heavy atom. The number of hydrogen-bond acceptors (Lipinski definition) is 5. The summed E-state index contributed by atoms with van der Waals surface area (Å²) in [5, 5.41) is 0. The summed E-state index contributed by atoms with van der Waals surface area (Å²) in [4.78, 5) is 27.7. The predicted molar refractivity (Wildman–Crippen MR) is 152 cm³/mol. The van der Waals surface area contributed by atoms with Crippen LogP contribution in [-0.2, 0) is 43.5 Å². The first-order chi connectivity index (χ1) is 21.2. The quantitative estimate of drug-likeness (QED) is 0.175. The predicted octanol–water partition coefficient (Wildman–Crippen LogP) is 8.23. The number of amides is 1. The average molecular weight is 636 g/mol. The van der Waals surface area contributed by atoms with Crippen molar-refractivity contribution in [3.8, 4) is 0 Å². The van der Waals surface area contributed by atoms with E-state index in [1.165, 1.54) is 11.8 Å². The molecule has 1 amide bonds. The summed E-state index contributed by atoms with van der Waals surface area (Å²) in [7, 11) is 0. The van der Waals surface area contributed by atoms with Gasteiger partial charge in [-0.1, -0.05) is 66.7 Å². The van der Waals surface area contributed by atoms with Crippen LogP contribution in [0.4, 0.5) is 31.1 Å². The molecule has 4 rings (SSSR count). The lowest BCUT2D eigenvalue weighted by Gasteiger charge is -2.46. The van der Waals surface area contributed by atoms with Crippen molar-refractivity contribution in [1.29, 1.82) is 0 Å². The minimum Gasteiger partial charge on any atom is -0.463 e. The van der Waals surface area contributed by atoms with Crippen molar-refractivity contribution in [2.75, 3.05) is 19.8 Å². The number of carbonyl (C=O) groups is 2. The highest BCUT2D eigenvalue weighted by Gasteiger charge is 2.46. The van der Waals surface area contributed by atoms with E-state index in [2.05, 4.69) is 0 Å². The summed E-state index contributed by atoms with van der Waals surface area (Å²) in [6, 6.07) is 18.7. The van der Waals surface area contributed by atoms with Gasteiger partial charge >= 0.3 is 24.4 Å². The van der Waals surface area contributed by atoms with E-state index in [1.807, 2.05) is 0 Å². The zero-order valence-corrected chi connectivity index (χ0v) is 24.5. The van der Waals surface area contributed by atoms with Gasteiger partial charge in [0.15, 0.2) is 0 Å². The largest absolute Gasteiger partial charge is 0.463 e. The van der Waals surface area contributed by atoms with E-state index in [9.17, 15) is 35.9 Å². The van der Waals surface area contributed by atoms with Gasteiger partial charge in [0, 0.05) is 0 Å². The second kappa shape index (κ2) is 13.8. The molecule has 0 bridgehead atoms. The minimum atomic E-state index is -5.03. The first-order valence-electron chi connectivity index (χ1n) is 14.1. The topological polar surface area (TPSA) is 65.1 Å². The van der Waals surface area contributed by atoms with Crippen molar-refractivity contribution in [1.82, 2.24) is 4.90 Å². The highest BCUT2D eigenvalue weighted by molar-refractivity contribution is 5.90. The molecule has 0 fully saturated rings. The lowest BCUT2D eigenvalue weighted by atomic mass is 9.82. The third kappa shape index (κ3) is 8.05. The van der Waals surface area contributed by atoms with Gasteiger partial charge in [-0.15, -0.1) is 0 Å². The van der Waals surface area contributed by atoms with Crippen molar-refractivity contribution in [2.24, 2.45) is 0 Å². The molecule has 0 radical (unpaired) electrons. The van der Waals surface area contributed by atoms with Crippen molar-refractivity contribution in [3.05, 3.63) is 118 Å². The molecule has 0 saturated heterocycles. The number of hydrogen-bond donors (Lipinski definition) is 0. The van der Waals surface area contributed by atoms with E-state index in [0.717, 1.165) is 0 Å². The average Bonchev–Trinajstić information content (AvgIpc) is 3.02. The van der Waals surface area contributed by atoms with Gasteiger partial charge in [-0.05, 0) is 55.2 Å². The molecule has 1 aliphatic rings. The summed E-state index contributed by atoms with van der Waals surface area (Å²) < 4.78 is 98.0. The Hall–Kier alpha value is -4.32. The number of alkyl halides is 6. The van der Waals surface area contributed by atoms with E-state index in [-0.39, 0.29) is 50.0 Å². The lowest BCUT2D eigenvalue weighted by molar-refractivity contribution is -0.143. The highest BCUT2D eigenvalue weighted by Crippen LogP contribution is 2.41. The van der Waals surface area contributed by atoms with Gasteiger partial charge in [0.05, 0.1) is 48.1 Å². The summed E-state index contributed by atoms with van der Waals surface area (Å²) >= 11 is 0. The summed E-state index contributed by atoms with van der Waals surface area (Å²) in [5.41, 5.74) is -3.21. The molecule has 0 saturated carbocycles. The van der Waals surface area contributed by atoms with Gasteiger partial charge in [0.2, 0.25) is 0 Å². The maximum atomic E-state index is 13.7. The van der Waals surface area contributed by atoms with Gasteiger partial charge < -0.3 is 14.2 Å². The number of nitrogens with zero attached hydrogens (tertiary/aromatic N) is 1. The monoisotopic (exact) mass is 635 g/mol. The number of benzene rings is 3. The van der Waals surface area contributed by atoms with Crippen molar-refractivity contribution in [3.63, 3.8) is 0 Å². The summed E-state index contributed by atoms with van der Waals surface area (Å²) in [5.74, 6) is -0.641. The van der Waals surface area contributed by atoms with Crippen LogP contribution in [-0.4, -0.2) is 36.7 Å². The molecule has 3 aromatic carbocycles. The highest BCUT2D eigenvalue weighted by atomic mass is 19.4. The Balaban J connectivity index is 1.72. The van der Waals surface area contributed by atoms with Crippen LogP contribution >= 0.6 is 0 Å². The van der Waals surface area contributed by atoms with Crippen LogP contribution in [0.15, 0.2) is 90.5 Å². The second-order valence-corrected chi connectivity index (χ2v) is 10.5. The SMILES string of the molecule is CCOC(=O)C1=CCC(CO[C@H](C)c2cc(C(F)(F)F)cc(C(F)(F)F)c2)(c2ccccc2)N(C(=O)OCc2ccccc2)C1. The fourth-order valence-corrected chi connectivity index (χ4v) is 5.01. The maximum Gasteiger partial charge on any atom is 0.416 e. The normalized spacial score (nSPS) is 17.8. The molecule has 6 nitrogen and oxygen atoms in total. The molecule has 240 valence electrons. The van der Waals surface area contributed by atoms with E-state index in [4.69, 9.17) is 14.2 Å². The number of carbonyl (C=O) groups excluding carboxylic acids is 2. The third-order valence-electron chi connectivity index (χ3n) is 7.46. The molecule has 0 aliphatic carbocycles. The number of esters is 1. The van der Waals surface area contributed by atoms with Crippen molar-refractivity contribution in [2.45, 2.75) is 50.9 Å². The Morgan fingerprint density at radius 2 is 1.44 bits per heavy atom. The Bertz CT molecular complexity index is 1480. The number of ether oxygens (including phenoxy) is 3. The van der Waals surface area contributed by atoms with E-state index in [0.29, 0.717) is 23.3 Å². The molecule has 0 spiro atoms. The molecule has 0 N–H and O–H groups in total. The summed E-state index contributed by atoms with van der Waals surface area (Å²) in [6.07, 6.45) is -10.5. The molecule has 45 heavy (non-hydrogen) atoms. The zero-order chi connectivity index (χ0) is 32.8. The van der Waals surface area contributed by atoms with Crippen molar-refractivity contribution >= 4 is 12.1 Å². The molecular weight excluding hydrogens is 604 g/mol. The first-order valence-corrected chi connectivity index (χ1v) is 14.1. The molecular formula is C33H31F6NO5. The maximum absolute atomic E-state index is 13.7. The van der Waals surface area contributed by atoms with Gasteiger partial charge in [-0.2, -0.15) is 26.3 Å². The van der Waals surface area contributed by atoms with E-state index >= 15 is 0 Å². The first kappa shape index (κ1) is 33.6. The molecule has 1 unspecified atom stereocenters. The molecule has 1 aliphatic heterocycles. The van der Waals surface area contributed by atoms with Crippen LogP contribution in [0.1, 0.15) is 54.2 Å². The van der Waals surface area contributed by atoms with Gasteiger partial charge in [-0.3, -0.25) is 4.90 Å². The van der Waals surface area contributed by atoms with Crippen LogP contribution in [0.25, 0.3) is 0 Å². The van der Waals surface area contributed by atoms with Gasteiger partial charge in [-0.25, -0.2) is 9.59 Å². The second-order valence-electron chi connectivity index (χ2n) is 10.5. The van der Waals surface area contributed by atoms with Crippen LogP contribution in [0.3, 0.4) is 0 Å². The van der Waals surface area contributed by atoms with Crippen LogP contribution < -0.4 is 0 Å². The van der Waals surface area contributed by atoms with Gasteiger partial charge in [0.25, 0.3) is 0 Å². The van der Waals surface area contributed by atoms with E-state index < -0.39 is 47.2 Å². The van der Waals surface area contributed by atoms with Crippen LogP contribution in [0, 0.1) is 0 Å².